The fraction of sp³-hybridized carbons (Fsp3) is 0.182. The molecule has 0 aliphatic rings. The molecule has 0 spiro atoms. The Kier molecular flexibility index (Phi) is 6.04. The number of halogens is 7. The summed E-state index contributed by atoms with van der Waals surface area (Å²) in [7, 11) is -5.62. The number of alkyl halides is 5. The average molecular weight is 545 g/mol. The van der Waals surface area contributed by atoms with Gasteiger partial charge in [0.15, 0.2) is 5.69 Å². The molecule has 2 rings (SSSR count). The Hall–Kier alpha value is -1.19. The molecular weight excluding hydrogens is 541 g/mol. The maximum absolute atomic E-state index is 12.7. The van der Waals surface area contributed by atoms with Crippen molar-refractivity contribution in [1.29, 1.82) is 0 Å². The maximum atomic E-state index is 12.7. The molecule has 0 bridgehead atoms. The molecule has 15 heteroatoms. The highest BCUT2D eigenvalue weighted by molar-refractivity contribution is 9.11. The number of benzene rings is 1. The summed E-state index contributed by atoms with van der Waals surface area (Å²) in [5, 5.41) is 5.31. The van der Waals surface area contributed by atoms with E-state index in [1.807, 2.05) is 0 Å². The van der Waals surface area contributed by atoms with E-state index in [9.17, 15) is 35.2 Å². The van der Waals surface area contributed by atoms with Crippen LogP contribution in [-0.2, 0) is 9.84 Å². The Balaban J connectivity index is 2.41. The Morgan fingerprint density at radius 1 is 1.19 bits per heavy atom. The van der Waals surface area contributed by atoms with Crippen molar-refractivity contribution in [3.8, 4) is 0 Å². The van der Waals surface area contributed by atoms with E-state index < -0.39 is 43.1 Å². The largest absolute Gasteiger partial charge is 0.501 e. The third-order valence-corrected chi connectivity index (χ3v) is 6.25. The zero-order valence-corrected chi connectivity index (χ0v) is 16.6. The lowest BCUT2D eigenvalue weighted by Crippen LogP contribution is -2.23. The number of nitrogens with zero attached hydrogens (tertiary/aromatic N) is 2. The minimum Gasteiger partial charge on any atom is -0.319 e. The highest BCUT2D eigenvalue weighted by Crippen LogP contribution is 2.38. The predicted molar refractivity (Wildman–Crippen MR) is 87.9 cm³/mol. The van der Waals surface area contributed by atoms with Crippen molar-refractivity contribution in [2.24, 2.45) is 0 Å². The molecule has 0 saturated heterocycles. The van der Waals surface area contributed by atoms with Crippen LogP contribution in [0.2, 0.25) is 0 Å². The van der Waals surface area contributed by atoms with E-state index >= 15 is 0 Å². The van der Waals surface area contributed by atoms with Crippen LogP contribution in [0.1, 0.15) is 21.8 Å². The average Bonchev–Trinajstić information content (AvgIpc) is 2.99. The minimum absolute atomic E-state index is 0.162. The summed E-state index contributed by atoms with van der Waals surface area (Å²) >= 11 is 6.09. The molecule has 0 saturated carbocycles. The van der Waals surface area contributed by atoms with Gasteiger partial charge in [-0.2, -0.15) is 13.2 Å². The van der Waals surface area contributed by atoms with Gasteiger partial charge in [-0.05, 0) is 55.5 Å². The van der Waals surface area contributed by atoms with E-state index in [0.717, 1.165) is 0 Å². The van der Waals surface area contributed by atoms with Gasteiger partial charge in [0.1, 0.15) is 4.88 Å². The second-order valence-corrected chi connectivity index (χ2v) is 8.86. The number of nitrogens with one attached hydrogen (secondary N) is 1. The van der Waals surface area contributed by atoms with E-state index in [4.69, 9.17) is 0 Å². The van der Waals surface area contributed by atoms with Crippen molar-refractivity contribution >= 4 is 64.8 Å². The molecule has 1 amide bonds. The summed E-state index contributed by atoms with van der Waals surface area (Å²) in [4.78, 5) is 10.5. The normalized spacial score (nSPS) is 12.5. The van der Waals surface area contributed by atoms with Gasteiger partial charge in [-0.15, -0.1) is 5.10 Å². The van der Waals surface area contributed by atoms with Gasteiger partial charge in [-0.3, -0.25) is 4.79 Å². The molecule has 0 unspecified atom stereocenters. The molecule has 0 radical (unpaired) electrons. The van der Waals surface area contributed by atoms with Crippen LogP contribution in [0.15, 0.2) is 26.0 Å². The third-order valence-electron chi connectivity index (χ3n) is 2.80. The highest BCUT2D eigenvalue weighted by atomic mass is 79.9. The van der Waals surface area contributed by atoms with Crippen molar-refractivity contribution in [3.05, 3.63) is 31.6 Å². The van der Waals surface area contributed by atoms with Crippen molar-refractivity contribution in [3.63, 3.8) is 0 Å². The van der Waals surface area contributed by atoms with Gasteiger partial charge in [-0.25, -0.2) is 17.2 Å². The number of anilines is 1. The van der Waals surface area contributed by atoms with Crippen LogP contribution in [0.3, 0.4) is 0 Å². The van der Waals surface area contributed by atoms with Crippen LogP contribution in [0, 0.1) is 0 Å². The number of aromatic nitrogens is 2. The fourth-order valence-electron chi connectivity index (χ4n) is 1.63. The number of sulfone groups is 1. The van der Waals surface area contributed by atoms with E-state index in [-0.39, 0.29) is 14.6 Å². The van der Waals surface area contributed by atoms with Crippen molar-refractivity contribution in [2.75, 3.05) is 5.32 Å². The van der Waals surface area contributed by atoms with Gasteiger partial charge in [0, 0.05) is 8.95 Å². The molecular formula is C11H4Br2F5N3O3S2. The molecule has 142 valence electrons. The Labute approximate surface area is 163 Å². The molecule has 1 N–H and O–H groups in total. The van der Waals surface area contributed by atoms with E-state index in [0.29, 0.717) is 23.7 Å². The van der Waals surface area contributed by atoms with Gasteiger partial charge in [0.25, 0.3) is 22.2 Å². The monoisotopic (exact) mass is 543 g/mol. The summed E-state index contributed by atoms with van der Waals surface area (Å²) in [5.74, 6) is -1.04. The summed E-state index contributed by atoms with van der Waals surface area (Å²) in [5.41, 5.74) is -6.53. The Morgan fingerprint density at radius 2 is 1.73 bits per heavy atom. The molecule has 0 atom stereocenters. The number of hydrogen-bond donors (Lipinski definition) is 1. The summed E-state index contributed by atoms with van der Waals surface area (Å²) < 4.78 is 89.1. The Bertz CT molecular complexity index is 939. The lowest BCUT2D eigenvalue weighted by atomic mass is 10.3. The smallest absolute Gasteiger partial charge is 0.319 e. The van der Waals surface area contributed by atoms with Crippen LogP contribution in [-0.4, -0.2) is 29.4 Å². The topological polar surface area (TPSA) is 89.0 Å². The second-order valence-electron chi connectivity index (χ2n) is 4.45. The fourth-order valence-corrected chi connectivity index (χ4v) is 4.70. The van der Waals surface area contributed by atoms with E-state index in [1.165, 1.54) is 0 Å². The number of rotatable bonds is 4. The zero-order chi connectivity index (χ0) is 19.9. The minimum atomic E-state index is -5.62. The molecule has 6 nitrogen and oxygen atoms in total. The maximum Gasteiger partial charge on any atom is 0.501 e. The summed E-state index contributed by atoms with van der Waals surface area (Å²) in [6.45, 7) is 0. The predicted octanol–water partition coefficient (Wildman–Crippen LogP) is 4.55. The van der Waals surface area contributed by atoms with Crippen LogP contribution >= 0.6 is 43.4 Å². The molecule has 0 aliphatic carbocycles. The molecule has 0 aliphatic heterocycles. The number of carbonyl (C=O) groups is 1. The van der Waals surface area contributed by atoms with Crippen LogP contribution < -0.4 is 5.32 Å². The molecule has 1 aromatic carbocycles. The van der Waals surface area contributed by atoms with Gasteiger partial charge >= 0.3 is 5.51 Å². The number of carbonyl (C=O) groups excluding carboxylic acids is 1. The van der Waals surface area contributed by atoms with Crippen LogP contribution in [0.5, 0.6) is 0 Å². The van der Waals surface area contributed by atoms with Crippen molar-refractivity contribution < 1.29 is 35.2 Å². The number of amides is 1. The molecule has 26 heavy (non-hydrogen) atoms. The van der Waals surface area contributed by atoms with Gasteiger partial charge in [-0.1, -0.05) is 4.49 Å². The lowest BCUT2D eigenvalue weighted by Gasteiger charge is -2.13. The first-order valence-corrected chi connectivity index (χ1v) is 9.92. The lowest BCUT2D eigenvalue weighted by molar-refractivity contribution is -0.0436. The Morgan fingerprint density at radius 3 is 2.19 bits per heavy atom. The first-order valence-electron chi connectivity index (χ1n) is 6.08. The van der Waals surface area contributed by atoms with Crippen molar-refractivity contribution in [2.45, 2.75) is 16.8 Å². The van der Waals surface area contributed by atoms with Crippen LogP contribution in [0.4, 0.5) is 27.6 Å². The molecule has 0 fully saturated rings. The van der Waals surface area contributed by atoms with E-state index in [1.54, 1.807) is 0 Å². The standard InChI is InChI=1S/C11H4Br2F5N3O3S2/c12-4-1-3(26(23,24)11(16,17)18)2-5(13)6(4)19-10(22)8-7(9(14)15)20-21-25-8/h1-2,9H,(H,19,22). The van der Waals surface area contributed by atoms with E-state index in [2.05, 4.69) is 46.8 Å². The molecule has 1 heterocycles. The van der Waals surface area contributed by atoms with Gasteiger partial charge in [0.05, 0.1) is 10.6 Å². The summed E-state index contributed by atoms with van der Waals surface area (Å²) in [6.07, 6.45) is -3.05. The highest BCUT2D eigenvalue weighted by Gasteiger charge is 2.47. The number of hydrogen-bond acceptors (Lipinski definition) is 6. The first kappa shape index (κ1) is 21.1. The van der Waals surface area contributed by atoms with Crippen molar-refractivity contribution in [1.82, 2.24) is 9.59 Å². The molecule has 2 aromatic rings. The quantitative estimate of drug-likeness (QED) is 0.571. The SMILES string of the molecule is O=C(Nc1c(Br)cc(S(=O)(=O)C(F)(F)F)cc1Br)c1snnc1C(F)F. The second kappa shape index (κ2) is 7.44. The molecule has 1 aromatic heterocycles. The zero-order valence-electron chi connectivity index (χ0n) is 11.8. The van der Waals surface area contributed by atoms with Gasteiger partial charge in [0.2, 0.25) is 0 Å². The van der Waals surface area contributed by atoms with Gasteiger partial charge < -0.3 is 5.32 Å². The third kappa shape index (κ3) is 4.04. The summed E-state index contributed by atoms with van der Waals surface area (Å²) in [6, 6.07) is 1.25. The van der Waals surface area contributed by atoms with Crippen LogP contribution in [0.25, 0.3) is 0 Å². The first-order chi connectivity index (χ1) is 11.9.